The highest BCUT2D eigenvalue weighted by atomic mass is 32.2. The van der Waals surface area contributed by atoms with E-state index in [1.807, 2.05) is 46.9 Å². The largest absolute Gasteiger partial charge is 0.341 e. The zero-order chi connectivity index (χ0) is 22.9. The minimum atomic E-state index is -4.88. The van der Waals surface area contributed by atoms with Gasteiger partial charge in [0.1, 0.15) is 0 Å². The topological polar surface area (TPSA) is 75.5 Å². The maximum atomic E-state index is 13.1. The van der Waals surface area contributed by atoms with Crippen LogP contribution in [0.25, 0.3) is 5.69 Å². The maximum absolute atomic E-state index is 13.1. The van der Waals surface area contributed by atoms with Crippen LogP contribution in [0.15, 0.2) is 65.8 Å². The Bertz CT molecular complexity index is 1220. The van der Waals surface area contributed by atoms with E-state index in [0.29, 0.717) is 26.2 Å². The average molecular weight is 461 g/mol. The molecule has 0 spiro atoms. The van der Waals surface area contributed by atoms with Crippen molar-refractivity contribution in [3.63, 3.8) is 0 Å². The fourth-order valence-corrected chi connectivity index (χ4v) is 4.63. The van der Waals surface area contributed by atoms with Crippen molar-refractivity contribution >= 4 is 21.7 Å². The minimum absolute atomic E-state index is 0.234. The molecule has 168 valence electrons. The molecule has 1 fully saturated rings. The van der Waals surface area contributed by atoms with Crippen molar-refractivity contribution in [2.45, 2.75) is 17.6 Å². The normalized spacial score (nSPS) is 14.8. The van der Waals surface area contributed by atoms with Gasteiger partial charge in [0, 0.05) is 44.3 Å². The van der Waals surface area contributed by atoms with Crippen LogP contribution in [0.3, 0.4) is 0 Å². The molecule has 0 bridgehead atoms. The third kappa shape index (κ3) is 4.10. The fraction of sp³-hybridized carbons (Fsp3) is 0.273. The van der Waals surface area contributed by atoms with E-state index in [4.69, 9.17) is 0 Å². The molecule has 32 heavy (non-hydrogen) atoms. The van der Waals surface area contributed by atoms with Gasteiger partial charge in [0.15, 0.2) is 0 Å². The smallest absolute Gasteiger partial charge is 0.338 e. The third-order valence-electron chi connectivity index (χ3n) is 5.44. The molecule has 0 aliphatic carbocycles. The lowest BCUT2D eigenvalue weighted by molar-refractivity contribution is 0.0742. The molecule has 0 unspecified atom stereocenters. The molecule has 4 rings (SSSR count). The number of aromatic nitrogens is 2. The number of hydrogen-bond acceptors (Lipinski definition) is 5. The van der Waals surface area contributed by atoms with Crippen molar-refractivity contribution in [2.75, 3.05) is 31.1 Å². The number of aryl methyl sites for hydroxylation is 1. The Balaban J connectivity index is 1.51. The lowest BCUT2D eigenvalue weighted by Gasteiger charge is -2.35. The molecule has 1 aliphatic heterocycles. The summed E-state index contributed by atoms with van der Waals surface area (Å²) < 4.78 is 52.1. The van der Waals surface area contributed by atoms with Gasteiger partial charge in [0.05, 0.1) is 10.5 Å². The highest BCUT2D eigenvalue weighted by Gasteiger charge is 2.33. The SMILES string of the molecule is Cc1ccc(-n2ccnc2N2CCN(C(=O)c3ccccc3S(=O)(=O)C(F)F)CC2)cc1. The number of carbonyl (C=O) groups is 1. The van der Waals surface area contributed by atoms with Crippen molar-refractivity contribution < 1.29 is 22.0 Å². The number of alkyl halides is 2. The molecule has 2 heterocycles. The van der Waals surface area contributed by atoms with Gasteiger partial charge in [-0.3, -0.25) is 9.36 Å². The summed E-state index contributed by atoms with van der Waals surface area (Å²) >= 11 is 0. The van der Waals surface area contributed by atoms with Gasteiger partial charge in [-0.2, -0.15) is 8.78 Å². The standard InChI is InChI=1S/C22H22F2N4O3S/c1-16-6-8-17(9-7-16)28-11-10-25-22(28)27-14-12-26(13-15-27)20(29)18-4-2-3-5-19(18)32(30,31)21(23)24/h2-11,21H,12-15H2,1H3. The number of anilines is 1. The number of halogens is 2. The van der Waals surface area contributed by atoms with Gasteiger partial charge in [-0.05, 0) is 31.2 Å². The number of nitrogens with zero attached hydrogens (tertiary/aromatic N) is 4. The van der Waals surface area contributed by atoms with Gasteiger partial charge in [0.2, 0.25) is 15.8 Å². The first-order chi connectivity index (χ1) is 15.3. The second-order valence-corrected chi connectivity index (χ2v) is 9.40. The van der Waals surface area contributed by atoms with Crippen molar-refractivity contribution in [1.29, 1.82) is 0 Å². The average Bonchev–Trinajstić information content (AvgIpc) is 3.29. The molecule has 1 amide bonds. The monoisotopic (exact) mass is 460 g/mol. The van der Waals surface area contributed by atoms with Gasteiger partial charge in [0.25, 0.3) is 5.91 Å². The number of benzene rings is 2. The third-order valence-corrected chi connectivity index (χ3v) is 6.88. The van der Waals surface area contributed by atoms with Crippen LogP contribution in [0.4, 0.5) is 14.7 Å². The number of imidazole rings is 1. The van der Waals surface area contributed by atoms with Gasteiger partial charge in [-0.25, -0.2) is 13.4 Å². The highest BCUT2D eigenvalue weighted by molar-refractivity contribution is 7.91. The first kappa shape index (κ1) is 21.9. The molecule has 0 N–H and O–H groups in total. The molecule has 2 aromatic carbocycles. The lowest BCUT2D eigenvalue weighted by Crippen LogP contribution is -2.49. The van der Waals surface area contributed by atoms with Crippen LogP contribution < -0.4 is 4.90 Å². The zero-order valence-corrected chi connectivity index (χ0v) is 18.2. The van der Waals surface area contributed by atoms with E-state index in [1.54, 1.807) is 6.20 Å². The first-order valence-electron chi connectivity index (χ1n) is 10.0. The molecule has 7 nitrogen and oxygen atoms in total. The minimum Gasteiger partial charge on any atom is -0.338 e. The molecule has 1 aromatic heterocycles. The number of piperazine rings is 1. The van der Waals surface area contributed by atoms with Crippen LogP contribution in [0.1, 0.15) is 15.9 Å². The van der Waals surface area contributed by atoms with Crippen molar-refractivity contribution in [3.05, 3.63) is 72.1 Å². The summed E-state index contributed by atoms with van der Waals surface area (Å²) in [5, 5.41) is 0. The predicted molar refractivity (Wildman–Crippen MR) is 116 cm³/mol. The lowest BCUT2D eigenvalue weighted by atomic mass is 10.2. The Morgan fingerprint density at radius 1 is 1.00 bits per heavy atom. The molecule has 0 atom stereocenters. The Labute approximate surface area is 184 Å². The molecule has 3 aromatic rings. The van der Waals surface area contributed by atoms with E-state index < -0.39 is 26.4 Å². The highest BCUT2D eigenvalue weighted by Crippen LogP contribution is 2.25. The molecule has 0 radical (unpaired) electrons. The van der Waals surface area contributed by atoms with Crippen LogP contribution in [0.5, 0.6) is 0 Å². The van der Waals surface area contributed by atoms with E-state index in [2.05, 4.69) is 4.98 Å². The first-order valence-corrected chi connectivity index (χ1v) is 11.6. The molecule has 1 saturated heterocycles. The van der Waals surface area contributed by atoms with Crippen LogP contribution in [-0.4, -0.2) is 60.7 Å². The molecular formula is C22H22F2N4O3S. The number of hydrogen-bond donors (Lipinski definition) is 0. The Morgan fingerprint density at radius 3 is 2.31 bits per heavy atom. The molecule has 1 aliphatic rings. The van der Waals surface area contributed by atoms with Crippen LogP contribution in [0, 0.1) is 6.92 Å². The van der Waals surface area contributed by atoms with E-state index in [-0.39, 0.29) is 5.56 Å². The number of rotatable bonds is 5. The van der Waals surface area contributed by atoms with Crippen LogP contribution in [-0.2, 0) is 9.84 Å². The Hall–Kier alpha value is -3.27. The Morgan fingerprint density at radius 2 is 1.66 bits per heavy atom. The molecular weight excluding hydrogens is 438 g/mol. The quantitative estimate of drug-likeness (QED) is 0.585. The van der Waals surface area contributed by atoms with Crippen LogP contribution >= 0.6 is 0 Å². The molecule has 0 saturated carbocycles. The van der Waals surface area contributed by atoms with Crippen molar-refractivity contribution in [3.8, 4) is 5.69 Å². The second-order valence-electron chi connectivity index (χ2n) is 7.51. The summed E-state index contributed by atoms with van der Waals surface area (Å²) in [6.07, 6.45) is 3.57. The van der Waals surface area contributed by atoms with Gasteiger partial charge >= 0.3 is 5.76 Å². The van der Waals surface area contributed by atoms with E-state index in [1.165, 1.54) is 23.1 Å². The van der Waals surface area contributed by atoms with E-state index >= 15 is 0 Å². The number of sulfone groups is 1. The van der Waals surface area contributed by atoms with E-state index in [9.17, 15) is 22.0 Å². The van der Waals surface area contributed by atoms with Crippen molar-refractivity contribution in [1.82, 2.24) is 14.5 Å². The van der Waals surface area contributed by atoms with Gasteiger partial charge in [-0.1, -0.05) is 29.8 Å². The summed E-state index contributed by atoms with van der Waals surface area (Å²) in [6.45, 7) is 3.57. The summed E-state index contributed by atoms with van der Waals surface area (Å²) in [5.74, 6) is -3.43. The number of carbonyl (C=O) groups excluding carboxylic acids is 1. The summed E-state index contributed by atoms with van der Waals surface area (Å²) in [7, 11) is -4.88. The van der Waals surface area contributed by atoms with E-state index in [0.717, 1.165) is 23.3 Å². The van der Waals surface area contributed by atoms with Gasteiger partial charge < -0.3 is 9.80 Å². The fourth-order valence-electron chi connectivity index (χ4n) is 3.70. The summed E-state index contributed by atoms with van der Waals surface area (Å²) in [5.41, 5.74) is 1.88. The van der Waals surface area contributed by atoms with Crippen molar-refractivity contribution in [2.24, 2.45) is 0 Å². The summed E-state index contributed by atoms with van der Waals surface area (Å²) in [6, 6.07) is 13.1. The van der Waals surface area contributed by atoms with Gasteiger partial charge in [-0.15, -0.1) is 0 Å². The predicted octanol–water partition coefficient (Wildman–Crippen LogP) is 3.14. The zero-order valence-electron chi connectivity index (χ0n) is 17.4. The van der Waals surface area contributed by atoms with Crippen LogP contribution in [0.2, 0.25) is 0 Å². The summed E-state index contributed by atoms with van der Waals surface area (Å²) in [4.78, 5) is 20.3. The molecule has 10 heteroatoms. The number of amides is 1. The second kappa shape index (κ2) is 8.70. The Kier molecular flexibility index (Phi) is 5.96. The maximum Gasteiger partial charge on any atom is 0.341 e.